The number of amides is 1. The minimum absolute atomic E-state index is 0. The second-order valence-corrected chi connectivity index (χ2v) is 8.76. The van der Waals surface area contributed by atoms with Crippen LogP contribution in [0.4, 0.5) is 11.8 Å². The average Bonchev–Trinajstić information content (AvgIpc) is 2.87. The molecule has 1 saturated carbocycles. The quantitative estimate of drug-likeness (QED) is 0.683. The van der Waals surface area contributed by atoms with Gasteiger partial charge in [0.15, 0.2) is 17.6 Å². The van der Waals surface area contributed by atoms with Gasteiger partial charge in [0.05, 0.1) is 38.6 Å². The molecule has 1 aliphatic carbocycles. The summed E-state index contributed by atoms with van der Waals surface area (Å²) in [5.41, 5.74) is 6.92. The van der Waals surface area contributed by atoms with Crippen LogP contribution < -0.4 is 20.1 Å². The van der Waals surface area contributed by atoms with Crippen LogP contribution in [0.15, 0.2) is 12.1 Å². The highest BCUT2D eigenvalue weighted by Gasteiger charge is 2.39. The third-order valence-corrected chi connectivity index (χ3v) is 6.81. The number of piperazine rings is 1. The maximum Gasteiger partial charge on any atom is 0.254 e. The molecule has 0 bridgehead atoms. The van der Waals surface area contributed by atoms with Gasteiger partial charge in [0, 0.05) is 37.6 Å². The number of halogens is 1. The molecule has 0 spiro atoms. The van der Waals surface area contributed by atoms with Crippen LogP contribution in [0.2, 0.25) is 0 Å². The molecule has 11 heteroatoms. The van der Waals surface area contributed by atoms with E-state index in [-0.39, 0.29) is 30.5 Å². The summed E-state index contributed by atoms with van der Waals surface area (Å²) in [6, 6.07) is 3.58. The van der Waals surface area contributed by atoms with Crippen molar-refractivity contribution in [1.82, 2.24) is 14.9 Å². The molecule has 1 amide bonds. The second-order valence-electron chi connectivity index (χ2n) is 8.76. The topological polar surface area (TPSA) is 112 Å². The van der Waals surface area contributed by atoms with Crippen molar-refractivity contribution in [1.29, 1.82) is 0 Å². The first-order chi connectivity index (χ1) is 16.1. The molecule has 10 nitrogen and oxygen atoms in total. The van der Waals surface area contributed by atoms with Crippen LogP contribution in [0.25, 0.3) is 10.9 Å². The number of rotatable bonds is 4. The number of nitrogens with zero attached hydrogens (tertiary/aromatic N) is 4. The molecule has 186 valence electrons. The van der Waals surface area contributed by atoms with Crippen LogP contribution in [-0.2, 0) is 14.3 Å². The second kappa shape index (κ2) is 10.4. The summed E-state index contributed by atoms with van der Waals surface area (Å²) in [7, 11) is 3.16. The molecule has 0 radical (unpaired) electrons. The number of fused-ring (bicyclic) bond motifs is 2. The zero-order valence-electron chi connectivity index (χ0n) is 19.6. The fourth-order valence-corrected chi connectivity index (χ4v) is 4.94. The third-order valence-electron chi connectivity index (χ3n) is 6.81. The normalized spacial score (nSPS) is 24.8. The van der Waals surface area contributed by atoms with Gasteiger partial charge in [-0.2, -0.15) is 4.98 Å². The number of carbonyl (C=O) groups is 1. The highest BCUT2D eigenvalue weighted by atomic mass is 35.5. The molecule has 2 saturated heterocycles. The van der Waals surface area contributed by atoms with Gasteiger partial charge in [-0.3, -0.25) is 4.79 Å². The summed E-state index contributed by atoms with van der Waals surface area (Å²) in [5.74, 6) is 2.09. The van der Waals surface area contributed by atoms with Crippen LogP contribution in [-0.4, -0.2) is 86.1 Å². The zero-order valence-corrected chi connectivity index (χ0v) is 20.4. The predicted molar refractivity (Wildman–Crippen MR) is 130 cm³/mol. The number of ether oxygens (including phenoxy) is 4. The number of nitrogens with two attached hydrogens (primary N) is 1. The number of carbonyl (C=O) groups excluding carboxylic acids is 1. The highest BCUT2D eigenvalue weighted by Crippen LogP contribution is 2.34. The van der Waals surface area contributed by atoms with Crippen molar-refractivity contribution in [3.63, 3.8) is 0 Å². The lowest BCUT2D eigenvalue weighted by molar-refractivity contribution is -0.201. The number of hydrogen-bond donors (Lipinski definition) is 1. The van der Waals surface area contributed by atoms with Gasteiger partial charge in [-0.1, -0.05) is 12.8 Å². The van der Waals surface area contributed by atoms with Gasteiger partial charge in [-0.25, -0.2) is 4.98 Å². The largest absolute Gasteiger partial charge is 0.493 e. The van der Waals surface area contributed by atoms with Crippen molar-refractivity contribution in [2.75, 3.05) is 57.6 Å². The molecule has 2 aliphatic heterocycles. The van der Waals surface area contributed by atoms with Crippen molar-refractivity contribution in [3.8, 4) is 11.5 Å². The van der Waals surface area contributed by atoms with Crippen LogP contribution >= 0.6 is 12.4 Å². The molecule has 2 N–H and O–H groups in total. The van der Waals surface area contributed by atoms with E-state index in [4.69, 9.17) is 29.7 Å². The Morgan fingerprint density at radius 2 is 1.71 bits per heavy atom. The minimum atomic E-state index is -0.508. The smallest absolute Gasteiger partial charge is 0.254 e. The van der Waals surface area contributed by atoms with Crippen LogP contribution in [0.3, 0.4) is 0 Å². The summed E-state index contributed by atoms with van der Waals surface area (Å²) in [4.78, 5) is 26.2. The summed E-state index contributed by atoms with van der Waals surface area (Å²) >= 11 is 0. The summed E-state index contributed by atoms with van der Waals surface area (Å²) in [5, 5.41) is 0.709. The fraction of sp³-hybridized carbons (Fsp3) is 0.609. The molecule has 2 aromatic rings. The molecule has 3 heterocycles. The Balaban J connectivity index is 0.00000274. The van der Waals surface area contributed by atoms with Gasteiger partial charge in [-0.15, -0.1) is 12.4 Å². The Bertz CT molecular complexity index is 1030. The summed E-state index contributed by atoms with van der Waals surface area (Å²) in [6.07, 6.45) is 3.99. The number of methoxy groups -OCH3 is 2. The van der Waals surface area contributed by atoms with E-state index in [9.17, 15) is 4.79 Å². The number of benzene rings is 1. The van der Waals surface area contributed by atoms with E-state index in [0.717, 1.165) is 19.3 Å². The van der Waals surface area contributed by atoms with Gasteiger partial charge in [0.25, 0.3) is 5.91 Å². The van der Waals surface area contributed by atoms with Gasteiger partial charge < -0.3 is 34.5 Å². The van der Waals surface area contributed by atoms with Crippen molar-refractivity contribution in [2.45, 2.75) is 44.0 Å². The number of hydrogen-bond acceptors (Lipinski definition) is 9. The van der Waals surface area contributed by atoms with Gasteiger partial charge in [0.1, 0.15) is 5.82 Å². The fourth-order valence-electron chi connectivity index (χ4n) is 4.94. The van der Waals surface area contributed by atoms with Crippen LogP contribution in [0, 0.1) is 0 Å². The molecule has 3 atom stereocenters. The molecule has 1 aromatic carbocycles. The molecule has 3 fully saturated rings. The minimum Gasteiger partial charge on any atom is -0.493 e. The Hall–Kier alpha value is -2.56. The van der Waals surface area contributed by atoms with E-state index < -0.39 is 6.10 Å². The maximum absolute atomic E-state index is 13.1. The predicted octanol–water partition coefficient (Wildman–Crippen LogP) is 2.03. The first-order valence-corrected chi connectivity index (χ1v) is 11.6. The van der Waals surface area contributed by atoms with Crippen molar-refractivity contribution >= 4 is 41.0 Å². The molecule has 3 unspecified atom stereocenters. The molecular weight excluding hydrogens is 462 g/mol. The zero-order chi connectivity index (χ0) is 22.9. The Labute approximate surface area is 205 Å². The lowest BCUT2D eigenvalue weighted by Crippen LogP contribution is -2.56. The first kappa shape index (κ1) is 24.6. The molecular formula is C23H32ClN5O5. The van der Waals surface area contributed by atoms with E-state index in [1.165, 1.54) is 6.42 Å². The number of nitrogen functional groups attached to an aromatic ring is 1. The standard InChI is InChI=1S/C23H31N5O5.ClH/c1-30-18-11-14-15(12-19(18)31-2)25-23(26-21(14)24)28-9-7-27(8-10-28)22(29)20-13-32-16-5-3-4-6-17(16)33-20;/h11-12,16-17,20H,3-10,13H2,1-2H3,(H2,24,25,26);1H. The maximum atomic E-state index is 13.1. The monoisotopic (exact) mass is 493 g/mol. The lowest BCUT2D eigenvalue weighted by Gasteiger charge is -2.41. The molecule has 3 aliphatic rings. The van der Waals surface area contributed by atoms with E-state index in [1.807, 2.05) is 9.80 Å². The van der Waals surface area contributed by atoms with Crippen LogP contribution in [0.5, 0.6) is 11.5 Å². The Kier molecular flexibility index (Phi) is 7.49. The average molecular weight is 494 g/mol. The lowest BCUT2D eigenvalue weighted by atomic mass is 9.93. The van der Waals surface area contributed by atoms with E-state index >= 15 is 0 Å². The third kappa shape index (κ3) is 4.67. The van der Waals surface area contributed by atoms with Gasteiger partial charge >= 0.3 is 0 Å². The molecule has 1 aromatic heterocycles. The van der Waals surface area contributed by atoms with E-state index in [1.54, 1.807) is 26.4 Å². The Morgan fingerprint density at radius 1 is 1.03 bits per heavy atom. The van der Waals surface area contributed by atoms with Gasteiger partial charge in [0.2, 0.25) is 5.95 Å². The Morgan fingerprint density at radius 3 is 2.41 bits per heavy atom. The van der Waals surface area contributed by atoms with E-state index in [2.05, 4.69) is 4.98 Å². The number of aromatic nitrogens is 2. The van der Waals surface area contributed by atoms with E-state index in [0.29, 0.717) is 67.0 Å². The van der Waals surface area contributed by atoms with Crippen LogP contribution in [0.1, 0.15) is 25.7 Å². The number of anilines is 2. The van der Waals surface area contributed by atoms with Gasteiger partial charge in [-0.05, 0) is 18.9 Å². The summed E-state index contributed by atoms with van der Waals surface area (Å²) < 4.78 is 22.8. The molecule has 34 heavy (non-hydrogen) atoms. The first-order valence-electron chi connectivity index (χ1n) is 11.6. The van der Waals surface area contributed by atoms with Crippen molar-refractivity contribution in [3.05, 3.63) is 12.1 Å². The van der Waals surface area contributed by atoms with Crippen molar-refractivity contribution < 1.29 is 23.7 Å². The SMILES string of the molecule is COc1cc2nc(N3CCN(C(=O)C4COC5CCCCC5O4)CC3)nc(N)c2cc1OC.Cl. The summed E-state index contributed by atoms with van der Waals surface area (Å²) in [6.45, 7) is 2.71. The van der Waals surface area contributed by atoms with Crippen molar-refractivity contribution in [2.24, 2.45) is 0 Å². The molecule has 5 rings (SSSR count). The highest BCUT2D eigenvalue weighted by molar-refractivity contribution is 5.91.